The van der Waals surface area contributed by atoms with E-state index in [2.05, 4.69) is 11.1 Å². The van der Waals surface area contributed by atoms with Gasteiger partial charge in [-0.2, -0.15) is 34.8 Å². The topological polar surface area (TPSA) is 43.4 Å². The molecule has 0 saturated heterocycles. The molecule has 3 nitrogen and oxygen atoms in total. The van der Waals surface area contributed by atoms with E-state index >= 15 is 8.78 Å². The van der Waals surface area contributed by atoms with Gasteiger partial charge in [0.1, 0.15) is 0 Å². The molecular weight excluding hydrogens is 599 g/mol. The van der Waals surface area contributed by atoms with Gasteiger partial charge in [0.2, 0.25) is 0 Å². The molecule has 2 aromatic carbocycles. The monoisotopic (exact) mass is 628 g/mol. The van der Waals surface area contributed by atoms with Crippen LogP contribution in [-0.4, -0.2) is 13.9 Å². The van der Waals surface area contributed by atoms with Crippen LogP contribution in [0, 0.1) is 35.2 Å². The van der Waals surface area contributed by atoms with Gasteiger partial charge in [0.25, 0.3) is 0 Å². The highest BCUT2D eigenvalue weighted by atomic mass is 32.2. The highest BCUT2D eigenvalue weighted by Gasteiger charge is 2.50. The van der Waals surface area contributed by atoms with Crippen LogP contribution in [-0.2, 0) is 16.3 Å². The summed E-state index contributed by atoms with van der Waals surface area (Å²) >= 11 is 0. The predicted octanol–water partition coefficient (Wildman–Crippen LogP) is 9.81. The highest BCUT2D eigenvalue weighted by molar-refractivity contribution is 7.88. The standard InChI is InChI=1S/C29H29F9O3S/c1-2-3-16-4-6-17(7-5-16)18-8-10-19(11-9-18)20-12-13-21(25(31)24(20)30)22-14-15-23(28(33,34)35)26(32)27(22)41-42(39,40)29(36,37)38/h10,12-18H,2-9,11H2,1H3. The van der Waals surface area contributed by atoms with Gasteiger partial charge in [0, 0.05) is 16.7 Å². The molecule has 2 aliphatic carbocycles. The van der Waals surface area contributed by atoms with E-state index < -0.39 is 61.7 Å². The second-order valence-electron chi connectivity index (χ2n) is 10.9. The van der Waals surface area contributed by atoms with E-state index in [1.807, 2.05) is 6.08 Å². The lowest BCUT2D eigenvalue weighted by molar-refractivity contribution is -0.140. The lowest BCUT2D eigenvalue weighted by atomic mass is 9.70. The number of rotatable bonds is 7. The quantitative estimate of drug-likeness (QED) is 0.174. The third-order valence-corrected chi connectivity index (χ3v) is 9.26. The first-order valence-electron chi connectivity index (χ1n) is 13.6. The summed E-state index contributed by atoms with van der Waals surface area (Å²) in [6.07, 6.45) is 5.13. The van der Waals surface area contributed by atoms with Crippen molar-refractivity contribution in [3.63, 3.8) is 0 Å². The maximum absolute atomic E-state index is 15.3. The third-order valence-electron chi connectivity index (χ3n) is 8.30. The van der Waals surface area contributed by atoms with Gasteiger partial charge in [-0.05, 0) is 67.6 Å². The van der Waals surface area contributed by atoms with E-state index in [9.17, 15) is 39.2 Å². The lowest BCUT2D eigenvalue weighted by Crippen LogP contribution is -2.29. The van der Waals surface area contributed by atoms with Gasteiger partial charge in [-0.1, -0.05) is 50.8 Å². The Bertz CT molecular complexity index is 1440. The first-order valence-corrected chi connectivity index (χ1v) is 15.0. The minimum Gasteiger partial charge on any atom is -0.372 e. The molecule has 0 aromatic heterocycles. The van der Waals surface area contributed by atoms with Crippen molar-refractivity contribution < 1.29 is 52.1 Å². The van der Waals surface area contributed by atoms with Gasteiger partial charge in [-0.25, -0.2) is 13.2 Å². The van der Waals surface area contributed by atoms with Gasteiger partial charge >= 0.3 is 21.8 Å². The average Bonchev–Trinajstić information content (AvgIpc) is 2.91. The van der Waals surface area contributed by atoms with Crippen LogP contribution < -0.4 is 4.18 Å². The molecular formula is C29H29F9O3S. The molecule has 0 heterocycles. The van der Waals surface area contributed by atoms with Crippen LogP contribution in [0.5, 0.6) is 5.75 Å². The Hall–Kier alpha value is -2.70. The predicted molar refractivity (Wildman–Crippen MR) is 138 cm³/mol. The van der Waals surface area contributed by atoms with Crippen molar-refractivity contribution >= 4 is 15.7 Å². The molecule has 13 heteroatoms. The Morgan fingerprint density at radius 3 is 1.93 bits per heavy atom. The number of benzene rings is 2. The van der Waals surface area contributed by atoms with Crippen molar-refractivity contribution in [3.8, 4) is 16.9 Å². The van der Waals surface area contributed by atoms with E-state index in [0.29, 0.717) is 36.3 Å². The van der Waals surface area contributed by atoms with E-state index in [1.165, 1.54) is 19.3 Å². The van der Waals surface area contributed by atoms with Crippen molar-refractivity contribution in [2.75, 3.05) is 0 Å². The summed E-state index contributed by atoms with van der Waals surface area (Å²) in [6.45, 7) is 2.17. The molecule has 1 fully saturated rings. The Morgan fingerprint density at radius 1 is 0.786 bits per heavy atom. The number of hydrogen-bond donors (Lipinski definition) is 0. The second-order valence-corrected chi connectivity index (χ2v) is 12.4. The highest BCUT2D eigenvalue weighted by Crippen LogP contribution is 2.45. The molecule has 2 aliphatic rings. The van der Waals surface area contributed by atoms with Gasteiger partial charge in [-0.15, -0.1) is 0 Å². The molecule has 1 atom stereocenters. The van der Waals surface area contributed by atoms with Crippen LogP contribution >= 0.6 is 0 Å². The minimum atomic E-state index is -6.67. The Morgan fingerprint density at radius 2 is 1.38 bits per heavy atom. The molecule has 1 saturated carbocycles. The zero-order chi connectivity index (χ0) is 31.0. The minimum absolute atomic E-state index is 0.0719. The smallest absolute Gasteiger partial charge is 0.372 e. The normalized spacial score (nSPS) is 22.1. The van der Waals surface area contributed by atoms with Crippen LogP contribution in [0.4, 0.5) is 39.5 Å². The largest absolute Gasteiger partial charge is 0.534 e. The summed E-state index contributed by atoms with van der Waals surface area (Å²) in [5.74, 6) is -6.06. The van der Waals surface area contributed by atoms with E-state index in [-0.39, 0.29) is 11.6 Å². The average molecular weight is 629 g/mol. The lowest BCUT2D eigenvalue weighted by Gasteiger charge is -2.35. The third kappa shape index (κ3) is 6.60. The first kappa shape index (κ1) is 32.2. The van der Waals surface area contributed by atoms with Crippen molar-refractivity contribution in [1.29, 1.82) is 0 Å². The molecule has 0 radical (unpaired) electrons. The summed E-state index contributed by atoms with van der Waals surface area (Å²) in [6, 6.07) is 2.31. The number of halogens is 9. The van der Waals surface area contributed by atoms with Gasteiger partial charge < -0.3 is 4.18 Å². The maximum Gasteiger partial charge on any atom is 0.534 e. The van der Waals surface area contributed by atoms with Gasteiger partial charge in [0.15, 0.2) is 23.2 Å². The summed E-state index contributed by atoms with van der Waals surface area (Å²) in [4.78, 5) is 0. The van der Waals surface area contributed by atoms with Crippen molar-refractivity contribution in [2.45, 2.75) is 76.4 Å². The van der Waals surface area contributed by atoms with Crippen LogP contribution in [0.2, 0.25) is 0 Å². The summed E-state index contributed by atoms with van der Waals surface area (Å²) < 4.78 is 151. The summed E-state index contributed by atoms with van der Waals surface area (Å²) in [5, 5.41) is 0. The Kier molecular flexibility index (Phi) is 9.30. The van der Waals surface area contributed by atoms with Crippen molar-refractivity contribution in [1.82, 2.24) is 0 Å². The van der Waals surface area contributed by atoms with Crippen molar-refractivity contribution in [2.24, 2.45) is 17.8 Å². The Labute approximate surface area is 237 Å². The molecule has 0 spiro atoms. The van der Waals surface area contributed by atoms with E-state index in [4.69, 9.17) is 0 Å². The van der Waals surface area contributed by atoms with E-state index in [0.717, 1.165) is 43.7 Å². The van der Waals surface area contributed by atoms with E-state index in [1.54, 1.807) is 0 Å². The number of hydrogen-bond acceptors (Lipinski definition) is 3. The number of alkyl halides is 6. The SMILES string of the molecule is CCCC1CCC(C2CC=C(c3ccc(-c4ccc(C(F)(F)F)c(F)c4OS(=O)(=O)C(F)(F)F)c(F)c3F)CC2)CC1. The fraction of sp³-hybridized carbons (Fsp3) is 0.517. The number of allylic oxidation sites excluding steroid dienone is 2. The zero-order valence-corrected chi connectivity index (χ0v) is 23.3. The second kappa shape index (κ2) is 12.1. The first-order chi connectivity index (χ1) is 19.5. The fourth-order valence-electron chi connectivity index (χ4n) is 6.11. The van der Waals surface area contributed by atoms with Crippen LogP contribution in [0.25, 0.3) is 16.7 Å². The summed E-state index contributed by atoms with van der Waals surface area (Å²) in [7, 11) is -6.67. The molecule has 0 aliphatic heterocycles. The molecule has 1 unspecified atom stereocenters. The van der Waals surface area contributed by atoms with Crippen molar-refractivity contribution in [3.05, 3.63) is 58.9 Å². The van der Waals surface area contributed by atoms with Crippen LogP contribution in [0.3, 0.4) is 0 Å². The molecule has 0 bridgehead atoms. The fourth-order valence-corrected chi connectivity index (χ4v) is 6.59. The zero-order valence-electron chi connectivity index (χ0n) is 22.5. The summed E-state index contributed by atoms with van der Waals surface area (Å²) in [5.41, 5.74) is -10.1. The van der Waals surface area contributed by atoms with Crippen LogP contribution in [0.15, 0.2) is 30.3 Å². The van der Waals surface area contributed by atoms with Gasteiger partial charge in [-0.3, -0.25) is 0 Å². The Balaban J connectivity index is 1.65. The molecule has 0 N–H and O–H groups in total. The van der Waals surface area contributed by atoms with Crippen LogP contribution in [0.1, 0.15) is 75.8 Å². The molecule has 4 rings (SSSR count). The molecule has 2 aromatic rings. The maximum atomic E-state index is 15.3. The molecule has 42 heavy (non-hydrogen) atoms. The molecule has 232 valence electrons. The van der Waals surface area contributed by atoms with Gasteiger partial charge in [0.05, 0.1) is 5.56 Å². The molecule has 0 amide bonds.